The van der Waals surface area contributed by atoms with Crippen LogP contribution in [0.3, 0.4) is 0 Å². The highest BCUT2D eigenvalue weighted by atomic mass is 35.5. The number of nitrogens with zero attached hydrogens (tertiary/aromatic N) is 3. The molecule has 2 heterocycles. The number of carbonyl (C=O) groups is 1. The Hall–Kier alpha value is -2.08. The Kier molecular flexibility index (Phi) is 3.71. The lowest BCUT2D eigenvalue weighted by molar-refractivity contribution is -0.116. The molecule has 2 rings (SSSR count). The van der Waals surface area contributed by atoms with Crippen molar-refractivity contribution in [3.8, 4) is 0 Å². The van der Waals surface area contributed by atoms with Gasteiger partial charge in [-0.25, -0.2) is 4.98 Å². The van der Waals surface area contributed by atoms with E-state index in [4.69, 9.17) is 17.3 Å². The number of nitrogen functional groups attached to an aromatic ring is 1. The fraction of sp³-hybridized carbons (Fsp3) is 0.250. The Morgan fingerprint density at radius 3 is 2.84 bits per heavy atom. The highest BCUT2D eigenvalue weighted by molar-refractivity contribution is 6.29. The van der Waals surface area contributed by atoms with Gasteiger partial charge in [0.05, 0.1) is 17.1 Å². The van der Waals surface area contributed by atoms with Crippen molar-refractivity contribution in [1.82, 2.24) is 14.8 Å². The molecule has 0 fully saturated rings. The summed E-state index contributed by atoms with van der Waals surface area (Å²) in [5, 5.41) is 7.25. The summed E-state index contributed by atoms with van der Waals surface area (Å²) in [5.74, 6) is -0.201. The summed E-state index contributed by atoms with van der Waals surface area (Å²) in [6.45, 7) is 3.73. The van der Waals surface area contributed by atoms with E-state index >= 15 is 0 Å². The number of pyridine rings is 1. The Morgan fingerprint density at radius 2 is 2.26 bits per heavy atom. The van der Waals surface area contributed by atoms with Crippen LogP contribution in [0.4, 0.5) is 11.4 Å². The van der Waals surface area contributed by atoms with Gasteiger partial charge in [-0.3, -0.25) is 9.48 Å². The molecule has 0 bridgehead atoms. The van der Waals surface area contributed by atoms with Crippen LogP contribution < -0.4 is 11.1 Å². The van der Waals surface area contributed by atoms with E-state index in [0.717, 1.165) is 11.4 Å². The fourth-order valence-electron chi connectivity index (χ4n) is 1.68. The number of hydrogen-bond donors (Lipinski definition) is 2. The zero-order valence-corrected chi connectivity index (χ0v) is 11.4. The Balaban J connectivity index is 2.07. The molecule has 0 saturated carbocycles. The van der Waals surface area contributed by atoms with Gasteiger partial charge in [0, 0.05) is 11.9 Å². The molecule has 0 radical (unpaired) electrons. The van der Waals surface area contributed by atoms with Gasteiger partial charge in [-0.05, 0) is 26.0 Å². The monoisotopic (exact) mass is 279 g/mol. The van der Waals surface area contributed by atoms with Gasteiger partial charge in [0.25, 0.3) is 0 Å². The van der Waals surface area contributed by atoms with Crippen molar-refractivity contribution in [3.05, 3.63) is 34.9 Å². The highest BCUT2D eigenvalue weighted by Gasteiger charge is 2.11. The third-order valence-electron chi connectivity index (χ3n) is 2.74. The number of amides is 1. The number of nitrogens with one attached hydrogen (secondary N) is 1. The number of nitrogens with two attached hydrogens (primary N) is 1. The van der Waals surface area contributed by atoms with Crippen LogP contribution in [0.1, 0.15) is 11.4 Å². The van der Waals surface area contributed by atoms with Crippen LogP contribution in [0.15, 0.2) is 18.3 Å². The van der Waals surface area contributed by atoms with Crippen LogP contribution >= 0.6 is 11.6 Å². The molecule has 0 saturated heterocycles. The number of rotatable bonds is 3. The van der Waals surface area contributed by atoms with Crippen molar-refractivity contribution in [3.63, 3.8) is 0 Å². The van der Waals surface area contributed by atoms with E-state index in [0.29, 0.717) is 16.5 Å². The molecule has 0 spiro atoms. The molecule has 100 valence electrons. The quantitative estimate of drug-likeness (QED) is 0.839. The van der Waals surface area contributed by atoms with Crippen molar-refractivity contribution >= 4 is 28.9 Å². The predicted molar refractivity (Wildman–Crippen MR) is 74.0 cm³/mol. The molecular formula is C12H14ClN5O. The lowest BCUT2D eigenvalue weighted by Gasteiger charge is -2.06. The molecular weight excluding hydrogens is 266 g/mol. The first kappa shape index (κ1) is 13.4. The molecule has 0 atom stereocenters. The molecule has 19 heavy (non-hydrogen) atoms. The van der Waals surface area contributed by atoms with E-state index in [-0.39, 0.29) is 12.5 Å². The van der Waals surface area contributed by atoms with Crippen molar-refractivity contribution < 1.29 is 4.79 Å². The van der Waals surface area contributed by atoms with E-state index in [2.05, 4.69) is 15.4 Å². The van der Waals surface area contributed by atoms with E-state index in [1.165, 1.54) is 6.20 Å². The van der Waals surface area contributed by atoms with E-state index < -0.39 is 0 Å². The number of aromatic nitrogens is 3. The minimum atomic E-state index is -0.201. The van der Waals surface area contributed by atoms with Crippen LogP contribution in [0.25, 0.3) is 0 Å². The number of carbonyl (C=O) groups excluding carboxylic acids is 1. The van der Waals surface area contributed by atoms with Crippen LogP contribution in [0, 0.1) is 13.8 Å². The minimum absolute atomic E-state index is 0.101. The lowest BCUT2D eigenvalue weighted by Crippen LogP contribution is -2.20. The molecule has 2 aromatic heterocycles. The van der Waals surface area contributed by atoms with E-state index in [9.17, 15) is 4.79 Å². The maximum Gasteiger partial charge on any atom is 0.246 e. The number of anilines is 2. The molecule has 0 aliphatic rings. The van der Waals surface area contributed by atoms with Crippen molar-refractivity contribution in [2.45, 2.75) is 20.4 Å². The van der Waals surface area contributed by atoms with Crippen molar-refractivity contribution in [1.29, 1.82) is 0 Å². The normalized spacial score (nSPS) is 10.5. The van der Waals surface area contributed by atoms with Crippen LogP contribution in [0.2, 0.25) is 5.15 Å². The highest BCUT2D eigenvalue weighted by Crippen LogP contribution is 2.15. The standard InChI is InChI=1S/C12H14ClN5O/c1-7-12(14)8(2)18(17-7)6-11(19)16-9-3-4-15-10(13)5-9/h3-5H,6,14H2,1-2H3,(H,15,16,19). The summed E-state index contributed by atoms with van der Waals surface area (Å²) >= 11 is 5.74. The summed E-state index contributed by atoms with van der Waals surface area (Å²) in [6.07, 6.45) is 1.53. The van der Waals surface area contributed by atoms with Gasteiger partial charge in [-0.15, -0.1) is 0 Å². The average molecular weight is 280 g/mol. The van der Waals surface area contributed by atoms with E-state index in [1.54, 1.807) is 23.7 Å². The topological polar surface area (TPSA) is 85.8 Å². The second kappa shape index (κ2) is 5.27. The van der Waals surface area contributed by atoms with Crippen molar-refractivity contribution in [2.24, 2.45) is 0 Å². The smallest absolute Gasteiger partial charge is 0.246 e. The summed E-state index contributed by atoms with van der Waals surface area (Å²) < 4.78 is 1.57. The summed E-state index contributed by atoms with van der Waals surface area (Å²) in [7, 11) is 0. The number of hydrogen-bond acceptors (Lipinski definition) is 4. The Bertz CT molecular complexity index is 623. The second-order valence-corrected chi connectivity index (χ2v) is 4.54. The molecule has 0 aliphatic heterocycles. The van der Waals surface area contributed by atoms with Gasteiger partial charge in [0.1, 0.15) is 11.7 Å². The summed E-state index contributed by atoms with van der Waals surface area (Å²) in [5.41, 5.74) is 8.52. The molecule has 7 heteroatoms. The average Bonchev–Trinajstić information content (AvgIpc) is 2.57. The van der Waals surface area contributed by atoms with Crippen molar-refractivity contribution in [2.75, 3.05) is 11.1 Å². The number of halogens is 1. The third-order valence-corrected chi connectivity index (χ3v) is 2.95. The van der Waals surface area contributed by atoms with Gasteiger partial charge in [-0.1, -0.05) is 11.6 Å². The van der Waals surface area contributed by atoms with Gasteiger partial charge < -0.3 is 11.1 Å². The first-order valence-electron chi connectivity index (χ1n) is 5.68. The first-order valence-corrected chi connectivity index (χ1v) is 6.06. The summed E-state index contributed by atoms with van der Waals surface area (Å²) in [6, 6.07) is 3.24. The molecule has 6 nitrogen and oxygen atoms in total. The van der Waals surface area contributed by atoms with Gasteiger partial charge in [0.15, 0.2) is 0 Å². The first-order chi connectivity index (χ1) is 8.97. The second-order valence-electron chi connectivity index (χ2n) is 4.16. The Labute approximate surface area is 115 Å². The molecule has 0 aromatic carbocycles. The molecule has 1 amide bonds. The molecule has 0 aliphatic carbocycles. The van der Waals surface area contributed by atoms with Gasteiger partial charge in [-0.2, -0.15) is 5.10 Å². The number of aryl methyl sites for hydroxylation is 1. The zero-order chi connectivity index (χ0) is 14.0. The van der Waals surface area contributed by atoms with Crippen LogP contribution in [-0.4, -0.2) is 20.7 Å². The van der Waals surface area contributed by atoms with Gasteiger partial charge in [0.2, 0.25) is 5.91 Å². The van der Waals surface area contributed by atoms with E-state index in [1.807, 2.05) is 6.92 Å². The Morgan fingerprint density at radius 1 is 1.53 bits per heavy atom. The molecule has 2 aromatic rings. The van der Waals surface area contributed by atoms with Gasteiger partial charge >= 0.3 is 0 Å². The fourth-order valence-corrected chi connectivity index (χ4v) is 1.86. The largest absolute Gasteiger partial charge is 0.396 e. The summed E-state index contributed by atoms with van der Waals surface area (Å²) in [4.78, 5) is 15.7. The molecule has 3 N–H and O–H groups in total. The SMILES string of the molecule is Cc1nn(CC(=O)Nc2ccnc(Cl)c2)c(C)c1N. The lowest BCUT2D eigenvalue weighted by atomic mass is 10.3. The van der Waals surface area contributed by atoms with Crippen LogP contribution in [-0.2, 0) is 11.3 Å². The predicted octanol–water partition coefficient (Wildman–Crippen LogP) is 1.77. The molecule has 0 unspecified atom stereocenters. The maximum absolute atomic E-state index is 11.9. The maximum atomic E-state index is 11.9. The zero-order valence-electron chi connectivity index (χ0n) is 10.6. The minimum Gasteiger partial charge on any atom is -0.396 e. The third kappa shape index (κ3) is 3.03. The van der Waals surface area contributed by atoms with Crippen LogP contribution in [0.5, 0.6) is 0 Å².